The number of hydrogen-bond acceptors (Lipinski definition) is 3. The summed E-state index contributed by atoms with van der Waals surface area (Å²) in [6, 6.07) is 6.06. The lowest BCUT2D eigenvalue weighted by molar-refractivity contribution is -0.159. The minimum absolute atomic E-state index is 0.0549. The fourth-order valence-electron chi connectivity index (χ4n) is 2.41. The van der Waals surface area contributed by atoms with E-state index in [9.17, 15) is 4.79 Å². The second kappa shape index (κ2) is 4.88. The van der Waals surface area contributed by atoms with E-state index in [-0.39, 0.29) is 12.1 Å². The van der Waals surface area contributed by atoms with Gasteiger partial charge in [0.1, 0.15) is 0 Å². The molecule has 2 atom stereocenters. The molecular weight excluding hydrogens is 216 g/mol. The van der Waals surface area contributed by atoms with E-state index in [0.29, 0.717) is 0 Å². The molecule has 3 heteroatoms. The van der Waals surface area contributed by atoms with Gasteiger partial charge in [-0.3, -0.25) is 0 Å². The highest BCUT2D eigenvalue weighted by Crippen LogP contribution is 2.33. The first-order chi connectivity index (χ1) is 8.17. The van der Waals surface area contributed by atoms with Crippen LogP contribution in [0.25, 0.3) is 0 Å². The maximum Gasteiger partial charge on any atom is 0.339 e. The Hall–Kier alpha value is -1.35. The number of carbonyl (C=O) groups is 1. The number of ether oxygens (including phenoxy) is 2. The molecule has 1 heterocycles. The van der Waals surface area contributed by atoms with Crippen LogP contribution in [0.2, 0.25) is 0 Å². The molecule has 0 saturated heterocycles. The molecule has 2 unspecified atom stereocenters. The first-order valence-corrected chi connectivity index (χ1v) is 6.01. The predicted molar refractivity (Wildman–Crippen MR) is 64.8 cm³/mol. The third-order valence-electron chi connectivity index (χ3n) is 3.25. The van der Waals surface area contributed by atoms with E-state index in [1.807, 2.05) is 19.1 Å². The minimum atomic E-state index is -0.565. The van der Waals surface area contributed by atoms with Crippen molar-refractivity contribution in [3.8, 4) is 0 Å². The summed E-state index contributed by atoms with van der Waals surface area (Å²) in [5.74, 6) is -0.314. The van der Waals surface area contributed by atoms with Crippen molar-refractivity contribution >= 4 is 5.97 Å². The van der Waals surface area contributed by atoms with Gasteiger partial charge in [-0.1, -0.05) is 25.1 Å². The van der Waals surface area contributed by atoms with E-state index in [1.54, 1.807) is 0 Å². The standard InChI is InChI=1S/C14H18O3/c1-4-10-6-5-7-11-12(10)8-9(2)17-13(11)14(15)16-3/h5-7,9,13H,4,8H2,1-3H3. The maximum absolute atomic E-state index is 11.7. The minimum Gasteiger partial charge on any atom is -0.467 e. The molecule has 0 aliphatic carbocycles. The van der Waals surface area contributed by atoms with E-state index < -0.39 is 6.10 Å². The van der Waals surface area contributed by atoms with Gasteiger partial charge >= 0.3 is 5.97 Å². The van der Waals surface area contributed by atoms with Crippen LogP contribution in [0.1, 0.15) is 36.6 Å². The van der Waals surface area contributed by atoms with Crippen LogP contribution in [0.15, 0.2) is 18.2 Å². The highest BCUT2D eigenvalue weighted by Gasteiger charge is 2.32. The van der Waals surface area contributed by atoms with Gasteiger partial charge in [-0.15, -0.1) is 0 Å². The average molecular weight is 234 g/mol. The molecule has 1 aliphatic rings. The van der Waals surface area contributed by atoms with Gasteiger partial charge in [0.15, 0.2) is 6.10 Å². The Morgan fingerprint density at radius 2 is 2.29 bits per heavy atom. The zero-order chi connectivity index (χ0) is 12.4. The molecule has 2 rings (SSSR count). The van der Waals surface area contributed by atoms with Crippen molar-refractivity contribution in [3.05, 3.63) is 34.9 Å². The van der Waals surface area contributed by atoms with Crippen molar-refractivity contribution in [2.24, 2.45) is 0 Å². The number of carbonyl (C=O) groups excluding carboxylic acids is 1. The summed E-state index contributed by atoms with van der Waals surface area (Å²) in [5, 5.41) is 0. The van der Waals surface area contributed by atoms with Gasteiger partial charge in [-0.05, 0) is 36.5 Å². The van der Waals surface area contributed by atoms with Crippen LogP contribution >= 0.6 is 0 Å². The Labute approximate surface area is 102 Å². The predicted octanol–water partition coefficient (Wildman–Crippen LogP) is 2.42. The summed E-state index contributed by atoms with van der Waals surface area (Å²) in [6.07, 6.45) is 1.33. The second-order valence-corrected chi connectivity index (χ2v) is 4.39. The van der Waals surface area contributed by atoms with Gasteiger partial charge in [0.25, 0.3) is 0 Å². The SMILES string of the molecule is CCc1cccc2c1CC(C)OC2C(=O)OC. The lowest BCUT2D eigenvalue weighted by Gasteiger charge is -2.30. The Balaban J connectivity index is 2.46. The number of benzene rings is 1. The number of hydrogen-bond donors (Lipinski definition) is 0. The van der Waals surface area contributed by atoms with Crippen molar-refractivity contribution in [1.29, 1.82) is 0 Å². The van der Waals surface area contributed by atoms with Crippen molar-refractivity contribution in [3.63, 3.8) is 0 Å². The Kier molecular flexibility index (Phi) is 3.48. The van der Waals surface area contributed by atoms with Crippen LogP contribution in [-0.2, 0) is 27.1 Å². The van der Waals surface area contributed by atoms with Gasteiger partial charge in [0, 0.05) is 0 Å². The van der Waals surface area contributed by atoms with Gasteiger partial charge in [0.05, 0.1) is 13.2 Å². The van der Waals surface area contributed by atoms with Crippen LogP contribution in [0, 0.1) is 0 Å². The number of aryl methyl sites for hydroxylation is 1. The molecule has 0 fully saturated rings. The Bertz CT molecular complexity index is 425. The molecule has 0 spiro atoms. The maximum atomic E-state index is 11.7. The molecule has 0 aromatic heterocycles. The average Bonchev–Trinajstić information content (AvgIpc) is 2.36. The van der Waals surface area contributed by atoms with Crippen molar-refractivity contribution in [1.82, 2.24) is 0 Å². The first kappa shape index (κ1) is 12.1. The quantitative estimate of drug-likeness (QED) is 0.737. The van der Waals surface area contributed by atoms with Gasteiger partial charge in [-0.2, -0.15) is 0 Å². The molecule has 1 aliphatic heterocycles. The van der Waals surface area contributed by atoms with Crippen LogP contribution in [0.3, 0.4) is 0 Å². The normalized spacial score (nSPS) is 23.0. The molecule has 0 amide bonds. The molecule has 1 aromatic carbocycles. The van der Waals surface area contributed by atoms with Crippen LogP contribution in [0.4, 0.5) is 0 Å². The largest absolute Gasteiger partial charge is 0.467 e. The molecule has 1 aromatic rings. The van der Waals surface area contributed by atoms with Gasteiger partial charge in [-0.25, -0.2) is 4.79 Å². The summed E-state index contributed by atoms with van der Waals surface area (Å²) < 4.78 is 10.5. The second-order valence-electron chi connectivity index (χ2n) is 4.39. The van der Waals surface area contributed by atoms with Crippen LogP contribution in [-0.4, -0.2) is 19.2 Å². The summed E-state index contributed by atoms with van der Waals surface area (Å²) in [6.45, 7) is 4.12. The Morgan fingerprint density at radius 1 is 1.53 bits per heavy atom. The van der Waals surface area contributed by atoms with Crippen molar-refractivity contribution in [2.45, 2.75) is 38.9 Å². The number of esters is 1. The van der Waals surface area contributed by atoms with E-state index >= 15 is 0 Å². The van der Waals surface area contributed by atoms with E-state index in [2.05, 4.69) is 13.0 Å². The highest BCUT2D eigenvalue weighted by molar-refractivity contribution is 5.77. The molecule has 0 radical (unpaired) electrons. The molecule has 0 saturated carbocycles. The molecule has 0 N–H and O–H groups in total. The monoisotopic (exact) mass is 234 g/mol. The number of methoxy groups -OCH3 is 1. The third-order valence-corrected chi connectivity index (χ3v) is 3.25. The smallest absolute Gasteiger partial charge is 0.339 e. The molecule has 3 nitrogen and oxygen atoms in total. The molecule has 0 bridgehead atoms. The third kappa shape index (κ3) is 2.20. The summed E-state index contributed by atoms with van der Waals surface area (Å²) in [5.41, 5.74) is 3.52. The highest BCUT2D eigenvalue weighted by atomic mass is 16.6. The molecule has 92 valence electrons. The van der Waals surface area contributed by atoms with E-state index in [1.165, 1.54) is 18.2 Å². The number of fused-ring (bicyclic) bond motifs is 1. The van der Waals surface area contributed by atoms with Crippen molar-refractivity contribution in [2.75, 3.05) is 7.11 Å². The topological polar surface area (TPSA) is 35.5 Å². The zero-order valence-corrected chi connectivity index (χ0v) is 10.5. The summed E-state index contributed by atoms with van der Waals surface area (Å²) in [4.78, 5) is 11.7. The Morgan fingerprint density at radius 3 is 2.94 bits per heavy atom. The van der Waals surface area contributed by atoms with Gasteiger partial charge in [0.2, 0.25) is 0 Å². The fourth-order valence-corrected chi connectivity index (χ4v) is 2.41. The number of rotatable bonds is 2. The lowest BCUT2D eigenvalue weighted by Crippen LogP contribution is -2.30. The molecule has 17 heavy (non-hydrogen) atoms. The van der Waals surface area contributed by atoms with Gasteiger partial charge < -0.3 is 9.47 Å². The van der Waals surface area contributed by atoms with Crippen LogP contribution in [0.5, 0.6) is 0 Å². The summed E-state index contributed by atoms with van der Waals surface area (Å²) >= 11 is 0. The van der Waals surface area contributed by atoms with E-state index in [4.69, 9.17) is 9.47 Å². The zero-order valence-electron chi connectivity index (χ0n) is 10.5. The summed E-state index contributed by atoms with van der Waals surface area (Å²) in [7, 11) is 1.40. The van der Waals surface area contributed by atoms with E-state index in [0.717, 1.165) is 18.4 Å². The first-order valence-electron chi connectivity index (χ1n) is 6.01. The van der Waals surface area contributed by atoms with Crippen molar-refractivity contribution < 1.29 is 14.3 Å². The fraction of sp³-hybridized carbons (Fsp3) is 0.500. The lowest BCUT2D eigenvalue weighted by atomic mass is 9.89. The van der Waals surface area contributed by atoms with Crippen LogP contribution < -0.4 is 0 Å². The molecular formula is C14H18O3.